The summed E-state index contributed by atoms with van der Waals surface area (Å²) in [7, 11) is 3.28. The Hall–Kier alpha value is -1.12. The molecule has 0 aromatic heterocycles. The molecule has 0 bridgehead atoms. The zero-order chi connectivity index (χ0) is 14.8. The van der Waals surface area contributed by atoms with Crippen molar-refractivity contribution in [2.75, 3.05) is 40.5 Å². The molecule has 1 saturated carbocycles. The third-order valence-corrected chi connectivity index (χ3v) is 3.96. The molecule has 1 fully saturated rings. The Kier molecular flexibility index (Phi) is 7.56. The summed E-state index contributed by atoms with van der Waals surface area (Å²) >= 11 is 0. The maximum absolute atomic E-state index is 12.8. The number of nitriles is 1. The lowest BCUT2D eigenvalue weighted by Gasteiger charge is -2.34. The quantitative estimate of drug-likeness (QED) is 0.639. The summed E-state index contributed by atoms with van der Waals surface area (Å²) in [5.41, 5.74) is -0.806. The molecule has 5 nitrogen and oxygen atoms in total. The van der Waals surface area contributed by atoms with Gasteiger partial charge in [-0.05, 0) is 19.3 Å². The van der Waals surface area contributed by atoms with Gasteiger partial charge in [0, 0.05) is 33.9 Å². The predicted molar refractivity (Wildman–Crippen MR) is 76.1 cm³/mol. The first kappa shape index (κ1) is 16.9. The maximum atomic E-state index is 12.8. The van der Waals surface area contributed by atoms with Gasteiger partial charge in [0.15, 0.2) is 0 Å². The number of amides is 1. The third kappa shape index (κ3) is 4.46. The van der Waals surface area contributed by atoms with Crippen LogP contribution in [0.15, 0.2) is 0 Å². The Morgan fingerprint density at radius 2 is 1.80 bits per heavy atom. The van der Waals surface area contributed by atoms with E-state index in [1.54, 1.807) is 19.1 Å². The molecule has 1 aliphatic carbocycles. The molecular formula is C15H26N2O3. The van der Waals surface area contributed by atoms with E-state index in [4.69, 9.17) is 9.47 Å². The largest absolute Gasteiger partial charge is 0.385 e. The molecule has 0 aliphatic heterocycles. The zero-order valence-corrected chi connectivity index (χ0v) is 12.7. The van der Waals surface area contributed by atoms with Gasteiger partial charge in [-0.25, -0.2) is 0 Å². The van der Waals surface area contributed by atoms with Crippen molar-refractivity contribution in [1.82, 2.24) is 4.90 Å². The van der Waals surface area contributed by atoms with Crippen LogP contribution in [0.5, 0.6) is 0 Å². The van der Waals surface area contributed by atoms with Crippen molar-refractivity contribution < 1.29 is 14.3 Å². The van der Waals surface area contributed by atoms with Crippen molar-refractivity contribution in [3.8, 4) is 6.07 Å². The minimum absolute atomic E-state index is 0.0205. The van der Waals surface area contributed by atoms with Gasteiger partial charge < -0.3 is 14.4 Å². The number of hydrogen-bond donors (Lipinski definition) is 0. The van der Waals surface area contributed by atoms with Crippen LogP contribution >= 0.6 is 0 Å². The van der Waals surface area contributed by atoms with E-state index in [1.807, 2.05) is 0 Å². The number of ether oxygens (including phenoxy) is 2. The second kappa shape index (κ2) is 8.93. The third-order valence-electron chi connectivity index (χ3n) is 3.96. The molecule has 0 spiro atoms. The summed E-state index contributed by atoms with van der Waals surface area (Å²) in [4.78, 5) is 14.5. The topological polar surface area (TPSA) is 62.6 Å². The molecule has 0 heterocycles. The molecule has 0 aromatic rings. The van der Waals surface area contributed by atoms with Gasteiger partial charge in [0.1, 0.15) is 5.41 Å². The second-order valence-corrected chi connectivity index (χ2v) is 5.39. The Bertz CT molecular complexity index is 333. The molecule has 114 valence electrons. The second-order valence-electron chi connectivity index (χ2n) is 5.39. The zero-order valence-electron chi connectivity index (χ0n) is 12.7. The number of methoxy groups -OCH3 is 2. The standard InChI is InChI=1S/C15H26N2O3/c1-19-11-6-9-17(10-12-20-2)14(18)15(13-16)7-4-3-5-8-15/h3-12H2,1-2H3. The maximum Gasteiger partial charge on any atom is 0.243 e. The minimum Gasteiger partial charge on any atom is -0.385 e. The number of hydrogen-bond acceptors (Lipinski definition) is 4. The summed E-state index contributed by atoms with van der Waals surface area (Å²) < 4.78 is 10.1. The van der Waals surface area contributed by atoms with Crippen LogP contribution in [0.1, 0.15) is 38.5 Å². The van der Waals surface area contributed by atoms with Crippen molar-refractivity contribution in [2.45, 2.75) is 38.5 Å². The van der Waals surface area contributed by atoms with E-state index in [0.717, 1.165) is 25.7 Å². The SMILES string of the molecule is COCCCN(CCOC)C(=O)C1(C#N)CCCCC1. The van der Waals surface area contributed by atoms with E-state index in [-0.39, 0.29) is 5.91 Å². The van der Waals surface area contributed by atoms with E-state index < -0.39 is 5.41 Å². The molecule has 20 heavy (non-hydrogen) atoms. The van der Waals surface area contributed by atoms with Crippen LogP contribution in [0.2, 0.25) is 0 Å². The van der Waals surface area contributed by atoms with Crippen molar-refractivity contribution >= 4 is 5.91 Å². The highest BCUT2D eigenvalue weighted by atomic mass is 16.5. The summed E-state index contributed by atoms with van der Waals surface area (Å²) in [6.07, 6.45) is 5.23. The molecule has 0 radical (unpaired) electrons. The van der Waals surface area contributed by atoms with E-state index in [0.29, 0.717) is 39.1 Å². The molecule has 1 aliphatic rings. The minimum atomic E-state index is -0.806. The number of nitrogens with zero attached hydrogens (tertiary/aromatic N) is 2. The molecular weight excluding hydrogens is 256 g/mol. The fraction of sp³-hybridized carbons (Fsp3) is 0.867. The van der Waals surface area contributed by atoms with E-state index in [1.165, 1.54) is 0 Å². The molecule has 1 amide bonds. The Morgan fingerprint density at radius 3 is 2.35 bits per heavy atom. The van der Waals surface area contributed by atoms with Gasteiger partial charge in [0.2, 0.25) is 5.91 Å². The monoisotopic (exact) mass is 282 g/mol. The van der Waals surface area contributed by atoms with Crippen LogP contribution in [0, 0.1) is 16.7 Å². The van der Waals surface area contributed by atoms with Crippen LogP contribution in [0.25, 0.3) is 0 Å². The summed E-state index contributed by atoms with van der Waals surface area (Å²) in [5.74, 6) is -0.0205. The molecule has 5 heteroatoms. The van der Waals surface area contributed by atoms with E-state index in [9.17, 15) is 10.1 Å². The highest BCUT2D eigenvalue weighted by molar-refractivity contribution is 5.85. The lowest BCUT2D eigenvalue weighted by molar-refractivity contribution is -0.141. The molecule has 1 rings (SSSR count). The molecule has 0 atom stereocenters. The average molecular weight is 282 g/mol. The van der Waals surface area contributed by atoms with Crippen LogP contribution in [-0.4, -0.2) is 51.3 Å². The van der Waals surface area contributed by atoms with Crippen LogP contribution in [-0.2, 0) is 14.3 Å². The molecule has 0 unspecified atom stereocenters. The normalized spacial score (nSPS) is 17.4. The summed E-state index contributed by atoms with van der Waals surface area (Å²) in [6, 6.07) is 2.30. The Labute approximate surface area is 121 Å². The van der Waals surface area contributed by atoms with Crippen molar-refractivity contribution in [2.24, 2.45) is 5.41 Å². The van der Waals surface area contributed by atoms with Gasteiger partial charge >= 0.3 is 0 Å². The van der Waals surface area contributed by atoms with E-state index >= 15 is 0 Å². The first-order valence-electron chi connectivity index (χ1n) is 7.38. The van der Waals surface area contributed by atoms with E-state index in [2.05, 4.69) is 6.07 Å². The number of rotatable bonds is 8. The van der Waals surface area contributed by atoms with Crippen LogP contribution < -0.4 is 0 Å². The van der Waals surface area contributed by atoms with Crippen molar-refractivity contribution in [1.29, 1.82) is 5.26 Å². The highest BCUT2D eigenvalue weighted by Gasteiger charge is 2.42. The molecule has 0 N–H and O–H groups in total. The summed E-state index contributed by atoms with van der Waals surface area (Å²) in [5, 5.41) is 9.50. The average Bonchev–Trinajstić information content (AvgIpc) is 2.50. The Morgan fingerprint density at radius 1 is 1.15 bits per heavy atom. The van der Waals surface area contributed by atoms with Crippen LogP contribution in [0.3, 0.4) is 0 Å². The molecule has 0 saturated heterocycles. The van der Waals surface area contributed by atoms with Crippen molar-refractivity contribution in [3.05, 3.63) is 0 Å². The first-order valence-corrected chi connectivity index (χ1v) is 7.38. The van der Waals surface area contributed by atoms with Gasteiger partial charge in [-0.3, -0.25) is 4.79 Å². The number of carbonyl (C=O) groups excluding carboxylic acids is 1. The van der Waals surface area contributed by atoms with Gasteiger partial charge in [0.25, 0.3) is 0 Å². The smallest absolute Gasteiger partial charge is 0.243 e. The highest BCUT2D eigenvalue weighted by Crippen LogP contribution is 2.37. The lowest BCUT2D eigenvalue weighted by atomic mass is 9.74. The van der Waals surface area contributed by atoms with Gasteiger partial charge in [-0.15, -0.1) is 0 Å². The fourth-order valence-corrected chi connectivity index (χ4v) is 2.75. The fourth-order valence-electron chi connectivity index (χ4n) is 2.75. The lowest BCUT2D eigenvalue weighted by Crippen LogP contribution is -2.46. The van der Waals surface area contributed by atoms with Crippen LogP contribution in [0.4, 0.5) is 0 Å². The van der Waals surface area contributed by atoms with Gasteiger partial charge in [0.05, 0.1) is 12.7 Å². The summed E-state index contributed by atoms with van der Waals surface area (Å²) in [6.45, 7) is 2.29. The number of carbonyl (C=O) groups is 1. The molecule has 0 aromatic carbocycles. The van der Waals surface area contributed by atoms with Gasteiger partial charge in [-0.1, -0.05) is 19.3 Å². The van der Waals surface area contributed by atoms with Crippen molar-refractivity contribution in [3.63, 3.8) is 0 Å². The van der Waals surface area contributed by atoms with Gasteiger partial charge in [-0.2, -0.15) is 5.26 Å². The first-order chi connectivity index (χ1) is 9.70. The predicted octanol–water partition coefficient (Wildman–Crippen LogP) is 1.97. The Balaban J connectivity index is 2.70.